The van der Waals surface area contributed by atoms with E-state index < -0.39 is 10.0 Å². The highest BCUT2D eigenvalue weighted by Gasteiger charge is 2.33. The fourth-order valence-electron chi connectivity index (χ4n) is 4.54. The first kappa shape index (κ1) is 23.4. The summed E-state index contributed by atoms with van der Waals surface area (Å²) in [5.74, 6) is 0.865. The third-order valence-electron chi connectivity index (χ3n) is 6.45. The molecule has 3 heterocycles. The van der Waals surface area contributed by atoms with E-state index in [4.69, 9.17) is 9.47 Å². The van der Waals surface area contributed by atoms with Crippen LogP contribution >= 0.6 is 0 Å². The van der Waals surface area contributed by atoms with Gasteiger partial charge >= 0.3 is 0 Å². The molecule has 1 fully saturated rings. The van der Waals surface area contributed by atoms with Crippen molar-refractivity contribution in [1.29, 1.82) is 0 Å². The lowest BCUT2D eigenvalue weighted by molar-refractivity contribution is 0.0696. The predicted octanol–water partition coefficient (Wildman–Crippen LogP) is 2.47. The molecule has 0 spiro atoms. The Hall–Kier alpha value is -3.37. The van der Waals surface area contributed by atoms with Gasteiger partial charge in [-0.05, 0) is 31.5 Å². The molecule has 1 amide bonds. The van der Waals surface area contributed by atoms with Crippen molar-refractivity contribution in [2.45, 2.75) is 25.3 Å². The van der Waals surface area contributed by atoms with Gasteiger partial charge in [0.25, 0.3) is 5.91 Å². The summed E-state index contributed by atoms with van der Waals surface area (Å²) in [6, 6.07) is 14.6. The molecule has 2 aliphatic heterocycles. The van der Waals surface area contributed by atoms with Crippen molar-refractivity contribution in [3.05, 3.63) is 71.0 Å². The first-order valence-electron chi connectivity index (χ1n) is 11.6. The molecule has 5 rings (SSSR count). The minimum Gasteiger partial charge on any atom is -0.486 e. The van der Waals surface area contributed by atoms with E-state index in [0.29, 0.717) is 55.6 Å². The van der Waals surface area contributed by atoms with E-state index in [-0.39, 0.29) is 23.9 Å². The molecule has 184 valence electrons. The van der Waals surface area contributed by atoms with Crippen LogP contribution in [0.25, 0.3) is 0 Å². The van der Waals surface area contributed by atoms with Gasteiger partial charge in [-0.1, -0.05) is 30.3 Å². The van der Waals surface area contributed by atoms with Gasteiger partial charge in [-0.15, -0.1) is 0 Å². The van der Waals surface area contributed by atoms with Crippen molar-refractivity contribution in [3.8, 4) is 11.5 Å². The van der Waals surface area contributed by atoms with E-state index >= 15 is 0 Å². The third kappa shape index (κ3) is 4.51. The Morgan fingerprint density at radius 1 is 0.943 bits per heavy atom. The number of fused-ring (bicyclic) bond motifs is 1. The number of carbonyl (C=O) groups excluding carboxylic acids is 1. The summed E-state index contributed by atoms with van der Waals surface area (Å²) in [4.78, 5) is 15.2. The van der Waals surface area contributed by atoms with Crippen molar-refractivity contribution < 1.29 is 22.7 Å². The van der Waals surface area contributed by atoms with Gasteiger partial charge in [0.05, 0.1) is 22.7 Å². The van der Waals surface area contributed by atoms with Gasteiger partial charge in [0.2, 0.25) is 10.0 Å². The van der Waals surface area contributed by atoms with Gasteiger partial charge in [0, 0.05) is 37.9 Å². The number of benzene rings is 2. The number of amides is 1. The normalized spacial score (nSPS) is 16.3. The molecule has 0 atom stereocenters. The zero-order valence-electron chi connectivity index (χ0n) is 19.8. The van der Waals surface area contributed by atoms with E-state index in [1.165, 1.54) is 16.4 Å². The molecule has 0 unspecified atom stereocenters. The summed E-state index contributed by atoms with van der Waals surface area (Å²) < 4.78 is 40.7. The zero-order chi connectivity index (χ0) is 24.6. The molecule has 0 bridgehead atoms. The lowest BCUT2D eigenvalue weighted by Gasteiger charge is -2.34. The molecule has 0 N–H and O–H groups in total. The van der Waals surface area contributed by atoms with Crippen LogP contribution in [0.2, 0.25) is 0 Å². The molecule has 2 aliphatic rings. The molecule has 0 radical (unpaired) electrons. The molecule has 35 heavy (non-hydrogen) atoms. The van der Waals surface area contributed by atoms with E-state index in [1.54, 1.807) is 11.0 Å². The highest BCUT2D eigenvalue weighted by atomic mass is 32.2. The van der Waals surface area contributed by atoms with E-state index in [2.05, 4.69) is 5.10 Å². The number of aryl methyl sites for hydroxylation is 1. The van der Waals surface area contributed by atoms with Crippen LogP contribution in [0.1, 0.15) is 27.3 Å². The van der Waals surface area contributed by atoms with Gasteiger partial charge in [-0.2, -0.15) is 9.40 Å². The standard InChI is InChI=1S/C25H28N4O5S/c1-18-24(19(2)29(26-18)17-20-6-4-3-5-7-20)25(30)27-10-12-28(13-11-27)35(31,32)21-8-9-22-23(16-21)34-15-14-33-22/h3-9,16H,10-15,17H2,1-2H3. The Labute approximate surface area is 204 Å². The molecule has 1 aromatic heterocycles. The average molecular weight is 497 g/mol. The SMILES string of the molecule is Cc1nn(Cc2ccccc2)c(C)c1C(=O)N1CCN(S(=O)(=O)c2ccc3c(c2)OCCO3)CC1. The van der Waals surface area contributed by atoms with Gasteiger partial charge in [-0.3, -0.25) is 9.48 Å². The highest BCUT2D eigenvalue weighted by Crippen LogP contribution is 2.33. The zero-order valence-corrected chi connectivity index (χ0v) is 20.6. The molecule has 1 saturated heterocycles. The smallest absolute Gasteiger partial charge is 0.257 e. The second-order valence-corrected chi connectivity index (χ2v) is 10.6. The van der Waals surface area contributed by atoms with Crippen LogP contribution in [-0.2, 0) is 16.6 Å². The van der Waals surface area contributed by atoms with Gasteiger partial charge in [0.15, 0.2) is 11.5 Å². The van der Waals surface area contributed by atoms with Crippen LogP contribution in [-0.4, -0.2) is 72.7 Å². The number of carbonyl (C=O) groups is 1. The molecule has 0 aliphatic carbocycles. The number of sulfonamides is 1. The summed E-state index contributed by atoms with van der Waals surface area (Å²) in [5.41, 5.74) is 3.18. The quantitative estimate of drug-likeness (QED) is 0.539. The monoisotopic (exact) mass is 496 g/mol. The number of hydrogen-bond acceptors (Lipinski definition) is 6. The van der Waals surface area contributed by atoms with E-state index in [0.717, 1.165) is 11.3 Å². The lowest BCUT2D eigenvalue weighted by Crippen LogP contribution is -2.50. The number of nitrogens with zero attached hydrogens (tertiary/aromatic N) is 4. The van der Waals surface area contributed by atoms with Gasteiger partial charge in [0.1, 0.15) is 13.2 Å². The Balaban J connectivity index is 1.28. The Morgan fingerprint density at radius 2 is 1.63 bits per heavy atom. The minimum atomic E-state index is -3.71. The lowest BCUT2D eigenvalue weighted by atomic mass is 10.1. The maximum absolute atomic E-state index is 13.4. The van der Waals surface area contributed by atoms with Crippen LogP contribution in [0.15, 0.2) is 53.4 Å². The fraction of sp³-hybridized carbons (Fsp3) is 0.360. The molecular weight excluding hydrogens is 468 g/mol. The van der Waals surface area contributed by atoms with Crippen molar-refractivity contribution in [2.75, 3.05) is 39.4 Å². The Bertz CT molecular complexity index is 1350. The maximum Gasteiger partial charge on any atom is 0.257 e. The fourth-order valence-corrected chi connectivity index (χ4v) is 5.98. The van der Waals surface area contributed by atoms with Crippen LogP contribution < -0.4 is 9.47 Å². The van der Waals surface area contributed by atoms with Crippen molar-refractivity contribution in [2.24, 2.45) is 0 Å². The molecule has 10 heteroatoms. The maximum atomic E-state index is 13.4. The molecule has 2 aromatic carbocycles. The van der Waals surface area contributed by atoms with Crippen molar-refractivity contribution >= 4 is 15.9 Å². The van der Waals surface area contributed by atoms with E-state index in [1.807, 2.05) is 48.9 Å². The average Bonchev–Trinajstić information content (AvgIpc) is 3.16. The third-order valence-corrected chi connectivity index (χ3v) is 8.34. The van der Waals surface area contributed by atoms with Crippen LogP contribution in [0.5, 0.6) is 11.5 Å². The van der Waals surface area contributed by atoms with Crippen LogP contribution in [0.3, 0.4) is 0 Å². The van der Waals surface area contributed by atoms with E-state index in [9.17, 15) is 13.2 Å². The Kier molecular flexibility index (Phi) is 6.24. The first-order valence-corrected chi connectivity index (χ1v) is 13.1. The van der Waals surface area contributed by atoms with Crippen molar-refractivity contribution in [1.82, 2.24) is 19.0 Å². The van der Waals surface area contributed by atoms with Gasteiger partial charge in [-0.25, -0.2) is 8.42 Å². The number of piperazine rings is 1. The highest BCUT2D eigenvalue weighted by molar-refractivity contribution is 7.89. The second-order valence-electron chi connectivity index (χ2n) is 8.69. The number of rotatable bonds is 5. The summed E-state index contributed by atoms with van der Waals surface area (Å²) >= 11 is 0. The number of ether oxygens (including phenoxy) is 2. The second kappa shape index (κ2) is 9.35. The summed E-state index contributed by atoms with van der Waals surface area (Å²) in [7, 11) is -3.71. The first-order chi connectivity index (χ1) is 16.8. The van der Waals surface area contributed by atoms with Crippen LogP contribution in [0.4, 0.5) is 0 Å². The number of aromatic nitrogens is 2. The molecular formula is C25H28N4O5S. The summed E-state index contributed by atoms with van der Waals surface area (Å²) in [5, 5.41) is 4.59. The molecule has 9 nitrogen and oxygen atoms in total. The van der Waals surface area contributed by atoms with Gasteiger partial charge < -0.3 is 14.4 Å². The summed E-state index contributed by atoms with van der Waals surface area (Å²) in [6.45, 7) is 6.22. The van der Waals surface area contributed by atoms with Crippen LogP contribution in [0, 0.1) is 13.8 Å². The van der Waals surface area contributed by atoms with Crippen molar-refractivity contribution in [3.63, 3.8) is 0 Å². The summed E-state index contributed by atoms with van der Waals surface area (Å²) in [6.07, 6.45) is 0. The predicted molar refractivity (Wildman–Crippen MR) is 129 cm³/mol. The molecule has 3 aromatic rings. The largest absolute Gasteiger partial charge is 0.486 e. The molecule has 0 saturated carbocycles. The number of hydrogen-bond donors (Lipinski definition) is 0. The Morgan fingerprint density at radius 3 is 2.34 bits per heavy atom. The minimum absolute atomic E-state index is 0.115. The topological polar surface area (TPSA) is 94.0 Å².